The highest BCUT2D eigenvalue weighted by Crippen LogP contribution is 2.21. The Morgan fingerprint density at radius 2 is 1.91 bits per heavy atom. The molecule has 2 aromatic carbocycles. The number of amides is 2. The number of nitrogens with zero attached hydrogens (tertiary/aromatic N) is 2. The Kier molecular flexibility index (Phi) is 7.08. The summed E-state index contributed by atoms with van der Waals surface area (Å²) in [6.07, 6.45) is -2.99. The van der Waals surface area contributed by atoms with E-state index in [4.69, 9.17) is 17.3 Å². The summed E-state index contributed by atoms with van der Waals surface area (Å²) in [4.78, 5) is 30.6. The van der Waals surface area contributed by atoms with Crippen LogP contribution in [0.15, 0.2) is 41.4 Å². The molecule has 3 rings (SSSR count). The van der Waals surface area contributed by atoms with Gasteiger partial charge in [-0.15, -0.1) is 0 Å². The van der Waals surface area contributed by atoms with Crippen molar-refractivity contribution in [3.63, 3.8) is 0 Å². The van der Waals surface area contributed by atoms with Crippen molar-refractivity contribution >= 4 is 35.3 Å². The van der Waals surface area contributed by atoms with Crippen LogP contribution >= 0.6 is 11.6 Å². The van der Waals surface area contributed by atoms with Crippen molar-refractivity contribution < 1.29 is 22.8 Å². The fourth-order valence-electron chi connectivity index (χ4n) is 3.31. The Bertz CT molecular complexity index is 1030. The number of aliphatic imine (C=N–C) groups is 1. The molecule has 6 nitrogen and oxygen atoms in total. The minimum absolute atomic E-state index is 0.0702. The maximum Gasteiger partial charge on any atom is 0.405 e. The molecule has 3 N–H and O–H groups in total. The number of hydrogen-bond acceptors (Lipinski definition) is 4. The quantitative estimate of drug-likeness (QED) is 0.502. The number of nitrogens with one attached hydrogen (secondary N) is 1. The summed E-state index contributed by atoms with van der Waals surface area (Å²) >= 11 is 5.84. The minimum Gasteiger partial charge on any atom is -0.398 e. The van der Waals surface area contributed by atoms with E-state index in [-0.39, 0.29) is 17.4 Å². The number of hydrogen-bond donors (Lipinski definition) is 2. The van der Waals surface area contributed by atoms with E-state index in [1.807, 2.05) is 5.32 Å². The Labute approximate surface area is 188 Å². The molecule has 0 unspecified atom stereocenters. The standard InChI is InChI=1S/C22H22ClF3N4O2/c1-13-6-19(27)16(7-18(13)20(31)29-12-22(24,25)26)9-28-8-14-10-30(11-14)21(32)15-2-4-17(23)5-3-15/h2-7,9,14H,8,10-12,27H2,1H3,(H,29,31). The van der Waals surface area contributed by atoms with Crippen molar-refractivity contribution in [1.29, 1.82) is 0 Å². The van der Waals surface area contributed by atoms with Gasteiger partial charge in [0, 0.05) is 59.2 Å². The number of alkyl halides is 3. The molecule has 0 aliphatic carbocycles. The molecule has 10 heteroatoms. The van der Waals surface area contributed by atoms with Gasteiger partial charge in [0.15, 0.2) is 0 Å². The van der Waals surface area contributed by atoms with Gasteiger partial charge in [-0.1, -0.05) is 11.6 Å². The number of nitrogens with two attached hydrogens (primary N) is 1. The lowest BCUT2D eigenvalue weighted by molar-refractivity contribution is -0.123. The molecule has 0 radical (unpaired) electrons. The van der Waals surface area contributed by atoms with Gasteiger partial charge in [-0.3, -0.25) is 14.6 Å². The second kappa shape index (κ2) is 9.60. The van der Waals surface area contributed by atoms with Crippen LogP contribution in [0, 0.1) is 12.8 Å². The van der Waals surface area contributed by atoms with Gasteiger partial charge in [0.05, 0.1) is 0 Å². The maximum absolute atomic E-state index is 12.4. The fraction of sp³-hybridized carbons (Fsp3) is 0.318. The van der Waals surface area contributed by atoms with Crippen molar-refractivity contribution in [2.24, 2.45) is 10.9 Å². The zero-order valence-corrected chi connectivity index (χ0v) is 18.0. The van der Waals surface area contributed by atoms with Crippen molar-refractivity contribution in [2.75, 3.05) is 31.9 Å². The lowest BCUT2D eigenvalue weighted by Crippen LogP contribution is -2.51. The van der Waals surface area contributed by atoms with Gasteiger partial charge < -0.3 is 16.0 Å². The zero-order chi connectivity index (χ0) is 23.5. The van der Waals surface area contributed by atoms with Crippen molar-refractivity contribution in [3.8, 4) is 0 Å². The SMILES string of the molecule is Cc1cc(N)c(C=NCC2CN(C(=O)c3ccc(Cl)cc3)C2)cc1C(=O)NCC(F)(F)F. The van der Waals surface area contributed by atoms with E-state index in [0.717, 1.165) is 0 Å². The molecule has 0 aromatic heterocycles. The predicted molar refractivity (Wildman–Crippen MR) is 117 cm³/mol. The normalized spacial score (nSPS) is 14.5. The van der Waals surface area contributed by atoms with Crippen molar-refractivity contribution in [3.05, 3.63) is 63.7 Å². The first-order chi connectivity index (χ1) is 15.0. The smallest absolute Gasteiger partial charge is 0.398 e. The Balaban J connectivity index is 1.56. The number of carbonyl (C=O) groups excluding carboxylic acids is 2. The van der Waals surface area contributed by atoms with Crippen molar-refractivity contribution in [2.45, 2.75) is 13.1 Å². The molecule has 1 fully saturated rings. The third-order valence-corrected chi connectivity index (χ3v) is 5.31. The average molecular weight is 467 g/mol. The second-order valence-electron chi connectivity index (χ2n) is 7.67. The number of benzene rings is 2. The first-order valence-electron chi connectivity index (χ1n) is 9.83. The first kappa shape index (κ1) is 23.6. The summed E-state index contributed by atoms with van der Waals surface area (Å²) in [5, 5.41) is 2.42. The predicted octanol–water partition coefficient (Wildman–Crippen LogP) is 3.71. The third-order valence-electron chi connectivity index (χ3n) is 5.05. The molecule has 0 atom stereocenters. The summed E-state index contributed by atoms with van der Waals surface area (Å²) in [5.41, 5.74) is 7.92. The Morgan fingerprint density at radius 3 is 2.53 bits per heavy atom. The van der Waals surface area contributed by atoms with E-state index >= 15 is 0 Å². The van der Waals surface area contributed by atoms with Crippen LogP contribution in [0.4, 0.5) is 18.9 Å². The lowest BCUT2D eigenvalue weighted by atomic mass is 9.99. The topological polar surface area (TPSA) is 87.8 Å². The van der Waals surface area contributed by atoms with Gasteiger partial charge in [-0.25, -0.2) is 0 Å². The van der Waals surface area contributed by atoms with Gasteiger partial charge >= 0.3 is 6.18 Å². The summed E-state index contributed by atoms with van der Waals surface area (Å²) in [5.74, 6) is -0.715. The van der Waals surface area contributed by atoms with Crippen molar-refractivity contribution in [1.82, 2.24) is 10.2 Å². The second-order valence-corrected chi connectivity index (χ2v) is 8.11. The lowest BCUT2D eigenvalue weighted by Gasteiger charge is -2.38. The number of carbonyl (C=O) groups is 2. The van der Waals surface area contributed by atoms with Crippen LogP contribution in [0.5, 0.6) is 0 Å². The molecular weight excluding hydrogens is 445 g/mol. The van der Waals surface area contributed by atoms with Crippen LogP contribution in [-0.2, 0) is 0 Å². The number of aryl methyl sites for hydroxylation is 1. The molecule has 1 aliphatic heterocycles. The largest absolute Gasteiger partial charge is 0.405 e. The minimum atomic E-state index is -4.49. The Morgan fingerprint density at radius 1 is 1.25 bits per heavy atom. The van der Waals surface area contributed by atoms with Gasteiger partial charge in [0.25, 0.3) is 11.8 Å². The average Bonchev–Trinajstić information content (AvgIpc) is 2.68. The van der Waals surface area contributed by atoms with Crippen LogP contribution < -0.4 is 11.1 Å². The van der Waals surface area contributed by atoms with E-state index in [1.54, 1.807) is 36.1 Å². The summed E-state index contributed by atoms with van der Waals surface area (Å²) in [6.45, 7) is 1.76. The highest BCUT2D eigenvalue weighted by atomic mass is 35.5. The van der Waals surface area contributed by atoms with Crippen LogP contribution in [0.1, 0.15) is 31.8 Å². The Hall–Kier alpha value is -3.07. The van der Waals surface area contributed by atoms with E-state index < -0.39 is 18.6 Å². The summed E-state index contributed by atoms with van der Waals surface area (Å²) in [6, 6.07) is 9.65. The molecule has 1 heterocycles. The first-order valence-corrected chi connectivity index (χ1v) is 10.2. The number of likely N-dealkylation sites (tertiary alicyclic amines) is 1. The number of nitrogen functional groups attached to an aromatic ring is 1. The molecule has 2 aromatic rings. The highest BCUT2D eigenvalue weighted by molar-refractivity contribution is 6.30. The molecule has 170 valence electrons. The molecule has 1 aliphatic rings. The van der Waals surface area contributed by atoms with E-state index in [1.165, 1.54) is 18.3 Å². The van der Waals surface area contributed by atoms with Crippen LogP contribution in [0.3, 0.4) is 0 Å². The van der Waals surface area contributed by atoms with Gasteiger partial charge in [0.1, 0.15) is 6.54 Å². The molecule has 32 heavy (non-hydrogen) atoms. The van der Waals surface area contributed by atoms with Gasteiger partial charge in [0.2, 0.25) is 0 Å². The molecular formula is C22H22ClF3N4O2. The monoisotopic (exact) mass is 466 g/mol. The van der Waals surface area contributed by atoms with Gasteiger partial charge in [-0.05, 0) is 48.9 Å². The third kappa shape index (κ3) is 6.00. The zero-order valence-electron chi connectivity index (χ0n) is 17.2. The molecule has 0 saturated carbocycles. The van der Waals surface area contributed by atoms with E-state index in [0.29, 0.717) is 47.0 Å². The molecule has 1 saturated heterocycles. The van der Waals surface area contributed by atoms with Crippen LogP contribution in [0.25, 0.3) is 0 Å². The maximum atomic E-state index is 12.4. The summed E-state index contributed by atoms with van der Waals surface area (Å²) in [7, 11) is 0. The van der Waals surface area contributed by atoms with E-state index in [2.05, 4.69) is 4.99 Å². The van der Waals surface area contributed by atoms with Gasteiger partial charge in [-0.2, -0.15) is 13.2 Å². The number of anilines is 1. The molecule has 0 spiro atoms. The van der Waals surface area contributed by atoms with Crippen LogP contribution in [0.2, 0.25) is 5.02 Å². The van der Waals surface area contributed by atoms with Crippen LogP contribution in [-0.4, -0.2) is 55.3 Å². The summed E-state index contributed by atoms with van der Waals surface area (Å²) < 4.78 is 37.1. The molecule has 0 bridgehead atoms. The number of halogens is 4. The molecule has 2 amide bonds. The fourth-order valence-corrected chi connectivity index (χ4v) is 3.43. The highest BCUT2D eigenvalue weighted by Gasteiger charge is 2.31. The number of rotatable bonds is 6. The van der Waals surface area contributed by atoms with E-state index in [9.17, 15) is 22.8 Å².